The SMILES string of the molecule is C=CCOC=CC[C@@H](C)OCOCCOC. The number of methoxy groups -OCH3 is 1. The Morgan fingerprint density at radius 3 is 2.81 bits per heavy atom. The minimum Gasteiger partial charge on any atom is -0.497 e. The molecule has 0 fully saturated rings. The lowest BCUT2D eigenvalue weighted by Gasteiger charge is -2.10. The molecule has 94 valence electrons. The summed E-state index contributed by atoms with van der Waals surface area (Å²) in [5.74, 6) is 0. The predicted octanol–water partition coefficient (Wildman–Crippen LogP) is 2.12. The van der Waals surface area contributed by atoms with Gasteiger partial charge in [0, 0.05) is 7.11 Å². The van der Waals surface area contributed by atoms with Crippen LogP contribution in [0.4, 0.5) is 0 Å². The molecule has 0 amide bonds. The molecule has 0 bridgehead atoms. The normalized spacial score (nSPS) is 12.9. The van der Waals surface area contributed by atoms with Crippen LogP contribution >= 0.6 is 0 Å². The topological polar surface area (TPSA) is 36.9 Å². The Balaban J connectivity index is 3.26. The van der Waals surface area contributed by atoms with E-state index in [0.717, 1.165) is 6.42 Å². The average Bonchev–Trinajstić information content (AvgIpc) is 2.28. The molecule has 16 heavy (non-hydrogen) atoms. The van der Waals surface area contributed by atoms with Crippen LogP contribution in [0.1, 0.15) is 13.3 Å². The van der Waals surface area contributed by atoms with Gasteiger partial charge in [-0.05, 0) is 19.4 Å². The standard InChI is InChI=1S/C12H22O4/c1-4-7-14-8-5-6-12(2)16-11-15-10-9-13-3/h4-5,8,12H,1,6-7,9-11H2,2-3H3/t12-/m1/s1. The van der Waals surface area contributed by atoms with Crippen LogP contribution < -0.4 is 0 Å². The maximum Gasteiger partial charge on any atom is 0.147 e. The minimum atomic E-state index is 0.117. The molecule has 0 N–H and O–H groups in total. The first-order valence-corrected chi connectivity index (χ1v) is 5.37. The van der Waals surface area contributed by atoms with E-state index < -0.39 is 0 Å². The number of rotatable bonds is 11. The monoisotopic (exact) mass is 230 g/mol. The largest absolute Gasteiger partial charge is 0.497 e. The van der Waals surface area contributed by atoms with E-state index in [0.29, 0.717) is 26.6 Å². The van der Waals surface area contributed by atoms with Gasteiger partial charge in [-0.3, -0.25) is 0 Å². The zero-order valence-electron chi connectivity index (χ0n) is 10.2. The predicted molar refractivity (Wildman–Crippen MR) is 63.1 cm³/mol. The van der Waals surface area contributed by atoms with Gasteiger partial charge in [-0.25, -0.2) is 0 Å². The summed E-state index contributed by atoms with van der Waals surface area (Å²) in [6.07, 6.45) is 6.20. The Bertz CT molecular complexity index is 180. The Kier molecular flexibility index (Phi) is 11.6. The van der Waals surface area contributed by atoms with Gasteiger partial charge in [0.2, 0.25) is 0 Å². The summed E-state index contributed by atoms with van der Waals surface area (Å²) in [5, 5.41) is 0. The van der Waals surface area contributed by atoms with Crippen LogP contribution in [-0.2, 0) is 18.9 Å². The van der Waals surface area contributed by atoms with Gasteiger partial charge in [-0.1, -0.05) is 12.7 Å². The average molecular weight is 230 g/mol. The van der Waals surface area contributed by atoms with E-state index in [1.54, 1.807) is 19.4 Å². The van der Waals surface area contributed by atoms with Crippen molar-refractivity contribution >= 4 is 0 Å². The molecule has 0 aliphatic heterocycles. The molecular weight excluding hydrogens is 208 g/mol. The first kappa shape index (κ1) is 15.2. The van der Waals surface area contributed by atoms with Crippen LogP contribution in [-0.4, -0.2) is 39.8 Å². The second kappa shape index (κ2) is 12.2. The molecule has 0 aromatic carbocycles. The maximum absolute atomic E-state index is 5.39. The van der Waals surface area contributed by atoms with Gasteiger partial charge in [0.15, 0.2) is 0 Å². The van der Waals surface area contributed by atoms with Crippen molar-refractivity contribution in [2.45, 2.75) is 19.4 Å². The van der Waals surface area contributed by atoms with E-state index in [1.807, 2.05) is 13.0 Å². The summed E-state index contributed by atoms with van der Waals surface area (Å²) in [4.78, 5) is 0. The van der Waals surface area contributed by atoms with Gasteiger partial charge in [-0.15, -0.1) is 0 Å². The van der Waals surface area contributed by atoms with Crippen molar-refractivity contribution in [2.75, 3.05) is 33.7 Å². The van der Waals surface area contributed by atoms with Gasteiger partial charge in [0.1, 0.15) is 13.4 Å². The van der Waals surface area contributed by atoms with Crippen LogP contribution in [0.2, 0.25) is 0 Å². The molecule has 0 unspecified atom stereocenters. The van der Waals surface area contributed by atoms with Gasteiger partial charge < -0.3 is 18.9 Å². The summed E-state index contributed by atoms with van der Waals surface area (Å²) in [6, 6.07) is 0. The van der Waals surface area contributed by atoms with Gasteiger partial charge in [-0.2, -0.15) is 0 Å². The summed E-state index contributed by atoms with van der Waals surface area (Å²) in [6.45, 7) is 7.51. The molecule has 4 nitrogen and oxygen atoms in total. The fourth-order valence-corrected chi connectivity index (χ4v) is 0.872. The van der Waals surface area contributed by atoms with Crippen LogP contribution in [0.25, 0.3) is 0 Å². The molecule has 0 heterocycles. The van der Waals surface area contributed by atoms with Crippen molar-refractivity contribution in [3.63, 3.8) is 0 Å². The van der Waals surface area contributed by atoms with Crippen molar-refractivity contribution in [3.8, 4) is 0 Å². The van der Waals surface area contributed by atoms with Crippen LogP contribution in [0.5, 0.6) is 0 Å². The highest BCUT2D eigenvalue weighted by Crippen LogP contribution is 1.99. The van der Waals surface area contributed by atoms with Crippen molar-refractivity contribution in [2.24, 2.45) is 0 Å². The molecule has 0 saturated carbocycles. The Morgan fingerprint density at radius 1 is 1.31 bits per heavy atom. The number of hydrogen-bond donors (Lipinski definition) is 0. The van der Waals surface area contributed by atoms with Crippen molar-refractivity contribution in [1.29, 1.82) is 0 Å². The first-order valence-electron chi connectivity index (χ1n) is 5.37. The smallest absolute Gasteiger partial charge is 0.147 e. The van der Waals surface area contributed by atoms with Crippen molar-refractivity contribution in [3.05, 3.63) is 25.0 Å². The fraction of sp³-hybridized carbons (Fsp3) is 0.667. The summed E-state index contributed by atoms with van der Waals surface area (Å²) >= 11 is 0. The lowest BCUT2D eigenvalue weighted by Crippen LogP contribution is -2.12. The van der Waals surface area contributed by atoms with Crippen LogP contribution in [0.15, 0.2) is 25.0 Å². The highest BCUT2D eigenvalue weighted by atomic mass is 16.7. The van der Waals surface area contributed by atoms with E-state index in [1.165, 1.54) is 0 Å². The Hall–Kier alpha value is -0.840. The molecule has 0 aliphatic carbocycles. The summed E-state index contributed by atoms with van der Waals surface area (Å²) in [7, 11) is 1.64. The molecule has 4 heteroatoms. The zero-order valence-corrected chi connectivity index (χ0v) is 10.2. The van der Waals surface area contributed by atoms with Gasteiger partial charge in [0.25, 0.3) is 0 Å². The Labute approximate surface area is 97.8 Å². The zero-order chi connectivity index (χ0) is 12.1. The highest BCUT2D eigenvalue weighted by molar-refractivity contribution is 4.78. The number of hydrogen-bond acceptors (Lipinski definition) is 4. The minimum absolute atomic E-state index is 0.117. The third-order valence-corrected chi connectivity index (χ3v) is 1.74. The third-order valence-electron chi connectivity index (χ3n) is 1.74. The molecule has 0 aromatic rings. The van der Waals surface area contributed by atoms with Crippen LogP contribution in [0.3, 0.4) is 0 Å². The molecular formula is C12H22O4. The highest BCUT2D eigenvalue weighted by Gasteiger charge is 1.98. The molecule has 0 radical (unpaired) electrons. The van der Waals surface area contributed by atoms with E-state index in [4.69, 9.17) is 18.9 Å². The third kappa shape index (κ3) is 11.2. The summed E-state index contributed by atoms with van der Waals surface area (Å²) in [5.41, 5.74) is 0. The van der Waals surface area contributed by atoms with Gasteiger partial charge in [0.05, 0.1) is 25.6 Å². The maximum atomic E-state index is 5.39. The van der Waals surface area contributed by atoms with E-state index in [-0.39, 0.29) is 6.10 Å². The molecule has 1 atom stereocenters. The quantitative estimate of drug-likeness (QED) is 0.236. The fourth-order valence-electron chi connectivity index (χ4n) is 0.872. The van der Waals surface area contributed by atoms with Crippen molar-refractivity contribution < 1.29 is 18.9 Å². The van der Waals surface area contributed by atoms with E-state index in [2.05, 4.69) is 6.58 Å². The van der Waals surface area contributed by atoms with Crippen molar-refractivity contribution in [1.82, 2.24) is 0 Å². The first-order chi connectivity index (χ1) is 7.81. The molecule has 0 rings (SSSR count). The molecule has 0 spiro atoms. The van der Waals surface area contributed by atoms with E-state index >= 15 is 0 Å². The molecule has 0 aromatic heterocycles. The van der Waals surface area contributed by atoms with Crippen LogP contribution in [0, 0.1) is 0 Å². The summed E-state index contributed by atoms with van der Waals surface area (Å²) < 4.78 is 20.5. The van der Waals surface area contributed by atoms with E-state index in [9.17, 15) is 0 Å². The lowest BCUT2D eigenvalue weighted by molar-refractivity contribution is -0.0914. The van der Waals surface area contributed by atoms with Gasteiger partial charge >= 0.3 is 0 Å². The molecule has 0 aliphatic rings. The second-order valence-electron chi connectivity index (χ2n) is 3.23. The Morgan fingerprint density at radius 2 is 2.12 bits per heavy atom. The molecule has 0 saturated heterocycles. The number of ether oxygens (including phenoxy) is 4. The second-order valence-corrected chi connectivity index (χ2v) is 3.23. The lowest BCUT2D eigenvalue weighted by atomic mass is 10.3.